The van der Waals surface area contributed by atoms with Crippen LogP contribution < -0.4 is 0 Å². The maximum Gasteiger partial charge on any atom is 0.0271 e. The summed E-state index contributed by atoms with van der Waals surface area (Å²) in [6, 6.07) is 0. The molecule has 0 saturated carbocycles. The van der Waals surface area contributed by atoms with E-state index in [2.05, 4.69) is 0 Å². The van der Waals surface area contributed by atoms with Gasteiger partial charge in [0.15, 0.2) is 0 Å². The van der Waals surface area contributed by atoms with Crippen molar-refractivity contribution >= 4 is 20.9 Å². The Morgan fingerprint density at radius 3 is 1.33 bits per heavy atom. The van der Waals surface area contributed by atoms with E-state index in [0.29, 0.717) is 0 Å². The molecule has 0 aliphatic heterocycles. The van der Waals surface area contributed by atoms with Crippen molar-refractivity contribution in [3.63, 3.8) is 0 Å². The Kier molecular flexibility index (Phi) is 2.88. The van der Waals surface area contributed by atoms with Crippen LogP contribution >= 0.6 is 20.9 Å². The van der Waals surface area contributed by atoms with E-state index >= 15 is 0 Å². The van der Waals surface area contributed by atoms with Crippen molar-refractivity contribution in [2.45, 2.75) is 0 Å². The van der Waals surface area contributed by atoms with E-state index in [-0.39, 0.29) is 0 Å². The second-order valence-corrected chi connectivity index (χ2v) is 9.33. The molecule has 0 aliphatic rings. The molecule has 0 atom stereocenters. The van der Waals surface area contributed by atoms with Gasteiger partial charge >= 0.3 is 0 Å². The van der Waals surface area contributed by atoms with Gasteiger partial charge in [-0.3, -0.25) is 4.55 Å². The van der Waals surface area contributed by atoms with Crippen LogP contribution in [-0.2, 0) is 3.63 Å². The minimum atomic E-state index is -1.74. The lowest BCUT2D eigenvalue weighted by atomic mass is 11.9. The summed E-state index contributed by atoms with van der Waals surface area (Å²) in [5, 5.41) is 0. The predicted octanol–water partition coefficient (Wildman–Crippen LogP) is 2.06. The van der Waals surface area contributed by atoms with Crippen LogP contribution in [0.2, 0.25) is 0 Å². The standard InChI is InChI=1S/C5H16O2S2/c1-8(2,3)7-9(4,5)6/h6H,1-5H3. The van der Waals surface area contributed by atoms with Crippen LogP contribution in [0.5, 0.6) is 0 Å². The van der Waals surface area contributed by atoms with Crippen LogP contribution in [0.4, 0.5) is 0 Å². The minimum Gasteiger partial charge on any atom is -0.299 e. The van der Waals surface area contributed by atoms with E-state index in [0.717, 1.165) is 0 Å². The SMILES string of the molecule is CS(C)(C)OS(C)(C)O. The largest absolute Gasteiger partial charge is 0.299 e. The first kappa shape index (κ1) is 9.62. The summed E-state index contributed by atoms with van der Waals surface area (Å²) in [5.74, 6) is 0. The Hall–Kier alpha value is 0.620. The Labute approximate surface area is 60.9 Å². The van der Waals surface area contributed by atoms with Crippen molar-refractivity contribution < 1.29 is 8.18 Å². The molecule has 0 heterocycles. The zero-order valence-corrected chi connectivity index (χ0v) is 8.30. The first-order valence-electron chi connectivity index (χ1n) is 2.56. The normalized spacial score (nSPS) is 17.6. The van der Waals surface area contributed by atoms with Gasteiger partial charge in [0.2, 0.25) is 0 Å². The number of hydrogen-bond donors (Lipinski definition) is 1. The average molecular weight is 172 g/mol. The van der Waals surface area contributed by atoms with Gasteiger partial charge in [-0.05, 0) is 18.8 Å². The van der Waals surface area contributed by atoms with Crippen molar-refractivity contribution in [2.75, 3.05) is 31.3 Å². The van der Waals surface area contributed by atoms with Gasteiger partial charge in [-0.15, -0.1) is 10.3 Å². The van der Waals surface area contributed by atoms with Gasteiger partial charge in [-0.25, -0.2) is 3.63 Å². The molecule has 0 radical (unpaired) electrons. The van der Waals surface area contributed by atoms with Crippen LogP contribution in [0.3, 0.4) is 0 Å². The van der Waals surface area contributed by atoms with Crippen molar-refractivity contribution in [1.29, 1.82) is 0 Å². The molecule has 60 valence electrons. The fraction of sp³-hybridized carbons (Fsp3) is 1.00. The lowest BCUT2D eigenvalue weighted by Crippen LogP contribution is -2.03. The molecule has 0 unspecified atom stereocenters. The molecule has 0 aromatic heterocycles. The van der Waals surface area contributed by atoms with Crippen LogP contribution in [0.15, 0.2) is 0 Å². The summed E-state index contributed by atoms with van der Waals surface area (Å²) in [4.78, 5) is 0. The first-order valence-corrected chi connectivity index (χ1v) is 7.67. The second-order valence-electron chi connectivity index (χ2n) is 2.97. The lowest BCUT2D eigenvalue weighted by molar-refractivity contribution is 0.538. The molecule has 2 nitrogen and oxygen atoms in total. The summed E-state index contributed by atoms with van der Waals surface area (Å²) >= 11 is 0. The van der Waals surface area contributed by atoms with Crippen LogP contribution in [0.25, 0.3) is 0 Å². The molecule has 4 heteroatoms. The second kappa shape index (κ2) is 2.70. The summed E-state index contributed by atoms with van der Waals surface area (Å²) in [7, 11) is -2.74. The quantitative estimate of drug-likeness (QED) is 0.691. The van der Waals surface area contributed by atoms with Crippen molar-refractivity contribution in [3.8, 4) is 0 Å². The molecule has 0 aromatic carbocycles. The van der Waals surface area contributed by atoms with E-state index < -0.39 is 20.9 Å². The molecular formula is C5H16O2S2. The fourth-order valence-corrected chi connectivity index (χ4v) is 4.50. The third kappa shape index (κ3) is 8.62. The van der Waals surface area contributed by atoms with Gasteiger partial charge in [0, 0.05) is 12.5 Å². The van der Waals surface area contributed by atoms with Gasteiger partial charge in [-0.1, -0.05) is 0 Å². The van der Waals surface area contributed by atoms with Crippen molar-refractivity contribution in [3.05, 3.63) is 0 Å². The Morgan fingerprint density at radius 2 is 1.33 bits per heavy atom. The molecular weight excluding hydrogens is 156 g/mol. The van der Waals surface area contributed by atoms with E-state index in [1.165, 1.54) is 0 Å². The van der Waals surface area contributed by atoms with Crippen LogP contribution in [0.1, 0.15) is 0 Å². The zero-order chi connectivity index (χ0) is 7.71. The zero-order valence-electron chi connectivity index (χ0n) is 6.67. The van der Waals surface area contributed by atoms with E-state index in [1.54, 1.807) is 12.5 Å². The third-order valence-electron chi connectivity index (χ3n) is 0.371. The molecule has 0 rings (SSSR count). The molecule has 0 amide bonds. The smallest absolute Gasteiger partial charge is 0.0271 e. The predicted molar refractivity (Wildman–Crippen MR) is 48.5 cm³/mol. The van der Waals surface area contributed by atoms with Gasteiger partial charge in [0.1, 0.15) is 0 Å². The summed E-state index contributed by atoms with van der Waals surface area (Å²) < 4.78 is 14.6. The highest BCUT2D eigenvalue weighted by Crippen LogP contribution is 2.52. The Bertz CT molecular complexity index is 78.1. The number of hydrogen-bond acceptors (Lipinski definition) is 2. The molecule has 0 bridgehead atoms. The molecule has 0 saturated heterocycles. The third-order valence-corrected chi connectivity index (χ3v) is 3.34. The molecule has 0 fully saturated rings. The topological polar surface area (TPSA) is 29.5 Å². The highest BCUT2D eigenvalue weighted by molar-refractivity contribution is 8.38. The summed E-state index contributed by atoms with van der Waals surface area (Å²) in [6.07, 6.45) is 9.49. The molecule has 1 N–H and O–H groups in total. The average Bonchev–Trinajstić information content (AvgIpc) is 1.14. The molecule has 0 spiro atoms. The monoisotopic (exact) mass is 172 g/mol. The summed E-state index contributed by atoms with van der Waals surface area (Å²) in [6.45, 7) is 0. The van der Waals surface area contributed by atoms with Gasteiger partial charge in [-0.2, -0.15) is 10.6 Å². The van der Waals surface area contributed by atoms with Crippen molar-refractivity contribution in [2.24, 2.45) is 0 Å². The molecule has 0 aliphatic carbocycles. The highest BCUT2D eigenvalue weighted by Gasteiger charge is 2.11. The van der Waals surface area contributed by atoms with Gasteiger partial charge in [0.05, 0.1) is 0 Å². The molecule has 9 heavy (non-hydrogen) atoms. The van der Waals surface area contributed by atoms with E-state index in [4.69, 9.17) is 3.63 Å². The van der Waals surface area contributed by atoms with Crippen LogP contribution in [-0.4, -0.2) is 35.8 Å². The van der Waals surface area contributed by atoms with Gasteiger partial charge in [0.25, 0.3) is 0 Å². The maximum absolute atomic E-state index is 9.24. The van der Waals surface area contributed by atoms with E-state index in [9.17, 15) is 4.55 Å². The first-order chi connectivity index (χ1) is 3.71. The Balaban J connectivity index is 3.75. The van der Waals surface area contributed by atoms with Gasteiger partial charge < -0.3 is 0 Å². The van der Waals surface area contributed by atoms with Crippen LogP contribution in [0, 0.1) is 0 Å². The van der Waals surface area contributed by atoms with Crippen molar-refractivity contribution in [1.82, 2.24) is 0 Å². The fourth-order valence-electron chi connectivity index (χ4n) is 0.500. The highest BCUT2D eigenvalue weighted by atomic mass is 32.3. The Morgan fingerprint density at radius 1 is 1.00 bits per heavy atom. The lowest BCUT2D eigenvalue weighted by Gasteiger charge is -2.38. The number of rotatable bonds is 2. The minimum absolute atomic E-state index is 0.995. The molecule has 0 aromatic rings. The summed E-state index contributed by atoms with van der Waals surface area (Å²) in [5.41, 5.74) is 0. The maximum atomic E-state index is 9.24. The van der Waals surface area contributed by atoms with E-state index in [1.807, 2.05) is 18.8 Å².